The first-order chi connectivity index (χ1) is 9.02. The molecule has 0 aliphatic carbocycles. The van der Waals surface area contributed by atoms with Gasteiger partial charge in [-0.1, -0.05) is 0 Å². The van der Waals surface area contributed by atoms with Crippen LogP contribution in [0.4, 0.5) is 9.59 Å². The Morgan fingerprint density at radius 2 is 2.05 bits per heavy atom. The molecule has 7 heteroatoms. The van der Waals surface area contributed by atoms with E-state index in [-0.39, 0.29) is 18.5 Å². The molecule has 19 heavy (non-hydrogen) atoms. The van der Waals surface area contributed by atoms with Crippen molar-refractivity contribution in [3.63, 3.8) is 0 Å². The monoisotopic (exact) mass is 268 g/mol. The molecule has 0 aromatic rings. The number of rotatable bonds is 2. The van der Waals surface area contributed by atoms with Crippen molar-refractivity contribution in [2.75, 3.05) is 26.2 Å². The SMILES string of the molecule is CCN(CC)C(=O)N1CCCC2(C1)NC(=O)NC2=O. The predicted octanol–water partition coefficient (Wildman–Crippen LogP) is 0.122. The number of imide groups is 1. The van der Waals surface area contributed by atoms with E-state index in [2.05, 4.69) is 10.6 Å². The first kappa shape index (κ1) is 13.6. The van der Waals surface area contributed by atoms with Gasteiger partial charge in [-0.25, -0.2) is 9.59 Å². The molecule has 0 saturated carbocycles. The molecule has 2 N–H and O–H groups in total. The molecule has 2 saturated heterocycles. The summed E-state index contributed by atoms with van der Waals surface area (Å²) in [4.78, 5) is 38.9. The summed E-state index contributed by atoms with van der Waals surface area (Å²) in [7, 11) is 0. The quantitative estimate of drug-likeness (QED) is 0.698. The van der Waals surface area contributed by atoms with Crippen molar-refractivity contribution >= 4 is 18.0 Å². The smallest absolute Gasteiger partial charge is 0.322 e. The van der Waals surface area contributed by atoms with Gasteiger partial charge in [0.2, 0.25) is 0 Å². The van der Waals surface area contributed by atoms with Gasteiger partial charge in [-0.05, 0) is 26.7 Å². The largest absolute Gasteiger partial charge is 0.325 e. The van der Waals surface area contributed by atoms with Crippen molar-refractivity contribution in [3.8, 4) is 0 Å². The van der Waals surface area contributed by atoms with Gasteiger partial charge in [0.25, 0.3) is 5.91 Å². The maximum Gasteiger partial charge on any atom is 0.322 e. The van der Waals surface area contributed by atoms with E-state index in [1.807, 2.05) is 13.8 Å². The van der Waals surface area contributed by atoms with E-state index in [1.54, 1.807) is 9.80 Å². The summed E-state index contributed by atoms with van der Waals surface area (Å²) in [5, 5.41) is 4.92. The molecule has 2 rings (SSSR count). The molecule has 2 aliphatic rings. The number of piperidine rings is 1. The number of hydrogen-bond donors (Lipinski definition) is 2. The van der Waals surface area contributed by atoms with E-state index in [9.17, 15) is 14.4 Å². The third kappa shape index (κ3) is 2.36. The fourth-order valence-electron chi connectivity index (χ4n) is 2.73. The molecule has 106 valence electrons. The minimum atomic E-state index is -0.932. The van der Waals surface area contributed by atoms with E-state index in [0.717, 1.165) is 0 Å². The fraction of sp³-hybridized carbons (Fsp3) is 0.750. The van der Waals surface area contributed by atoms with E-state index in [1.165, 1.54) is 0 Å². The highest BCUT2D eigenvalue weighted by Crippen LogP contribution is 2.25. The summed E-state index contributed by atoms with van der Waals surface area (Å²) in [6.45, 7) is 5.99. The predicted molar refractivity (Wildman–Crippen MR) is 68.5 cm³/mol. The lowest BCUT2D eigenvalue weighted by Gasteiger charge is -2.39. The summed E-state index contributed by atoms with van der Waals surface area (Å²) < 4.78 is 0. The van der Waals surface area contributed by atoms with Crippen molar-refractivity contribution in [1.29, 1.82) is 0 Å². The standard InChI is InChI=1S/C12H20N4O3/c1-3-15(4-2)11(19)16-7-5-6-12(8-16)9(17)13-10(18)14-12/h3-8H2,1-2H3,(H2,13,14,17,18). The van der Waals surface area contributed by atoms with Crippen molar-refractivity contribution in [3.05, 3.63) is 0 Å². The van der Waals surface area contributed by atoms with Gasteiger partial charge < -0.3 is 15.1 Å². The number of urea groups is 2. The lowest BCUT2D eigenvalue weighted by molar-refractivity contribution is -0.125. The highest BCUT2D eigenvalue weighted by atomic mass is 16.2. The summed E-state index contributed by atoms with van der Waals surface area (Å²) in [6, 6.07) is -0.542. The molecule has 0 radical (unpaired) electrons. The van der Waals surface area contributed by atoms with Crippen LogP contribution in [0.25, 0.3) is 0 Å². The van der Waals surface area contributed by atoms with Crippen LogP contribution in [0.2, 0.25) is 0 Å². The van der Waals surface area contributed by atoms with Crippen LogP contribution in [0.1, 0.15) is 26.7 Å². The maximum absolute atomic E-state index is 12.3. The second kappa shape index (κ2) is 5.07. The maximum atomic E-state index is 12.3. The molecular formula is C12H20N4O3. The molecule has 1 spiro atoms. The van der Waals surface area contributed by atoms with Crippen molar-refractivity contribution < 1.29 is 14.4 Å². The third-order valence-corrected chi connectivity index (χ3v) is 3.81. The van der Waals surface area contributed by atoms with Gasteiger partial charge in [0.05, 0.1) is 6.54 Å². The average molecular weight is 268 g/mol. The van der Waals surface area contributed by atoms with Crippen molar-refractivity contribution in [2.45, 2.75) is 32.2 Å². The first-order valence-electron chi connectivity index (χ1n) is 6.70. The second-order valence-corrected chi connectivity index (χ2v) is 4.97. The van der Waals surface area contributed by atoms with Crippen LogP contribution in [0, 0.1) is 0 Å². The topological polar surface area (TPSA) is 81.8 Å². The van der Waals surface area contributed by atoms with Crippen LogP contribution in [0.5, 0.6) is 0 Å². The zero-order chi connectivity index (χ0) is 14.0. The van der Waals surface area contributed by atoms with Gasteiger partial charge in [0.15, 0.2) is 0 Å². The van der Waals surface area contributed by atoms with Gasteiger partial charge in [-0.15, -0.1) is 0 Å². The highest BCUT2D eigenvalue weighted by molar-refractivity contribution is 6.07. The molecule has 1 unspecified atom stereocenters. The van der Waals surface area contributed by atoms with E-state index in [4.69, 9.17) is 0 Å². The summed E-state index contributed by atoms with van der Waals surface area (Å²) >= 11 is 0. The minimum absolute atomic E-state index is 0.0713. The van der Waals surface area contributed by atoms with Crippen LogP contribution in [0.15, 0.2) is 0 Å². The number of hydrogen-bond acceptors (Lipinski definition) is 3. The van der Waals surface area contributed by atoms with Gasteiger partial charge in [0.1, 0.15) is 5.54 Å². The lowest BCUT2D eigenvalue weighted by atomic mass is 9.89. The molecular weight excluding hydrogens is 248 g/mol. The Morgan fingerprint density at radius 3 is 2.58 bits per heavy atom. The Kier molecular flexibility index (Phi) is 3.64. The molecule has 0 bridgehead atoms. The normalized spacial score (nSPS) is 26.3. The lowest BCUT2D eigenvalue weighted by Crippen LogP contribution is -2.61. The van der Waals surface area contributed by atoms with Crippen LogP contribution in [-0.2, 0) is 4.79 Å². The number of nitrogens with one attached hydrogen (secondary N) is 2. The molecule has 2 heterocycles. The molecule has 0 aromatic carbocycles. The molecule has 0 aromatic heterocycles. The van der Waals surface area contributed by atoms with Crippen LogP contribution in [-0.4, -0.2) is 59.5 Å². The Bertz CT molecular complexity index is 408. The van der Waals surface area contributed by atoms with Crippen LogP contribution < -0.4 is 10.6 Å². The Balaban J connectivity index is 2.11. The number of amides is 5. The molecule has 2 aliphatic heterocycles. The number of nitrogens with zero attached hydrogens (tertiary/aromatic N) is 2. The second-order valence-electron chi connectivity index (χ2n) is 4.97. The average Bonchev–Trinajstić information content (AvgIpc) is 2.65. The van der Waals surface area contributed by atoms with Gasteiger partial charge in [-0.2, -0.15) is 0 Å². The Labute approximate surface area is 112 Å². The van der Waals surface area contributed by atoms with Gasteiger partial charge >= 0.3 is 12.1 Å². The van der Waals surface area contributed by atoms with E-state index < -0.39 is 11.6 Å². The highest BCUT2D eigenvalue weighted by Gasteiger charge is 2.49. The summed E-state index contributed by atoms with van der Waals surface area (Å²) in [5.41, 5.74) is -0.932. The molecule has 7 nitrogen and oxygen atoms in total. The van der Waals surface area contributed by atoms with Crippen LogP contribution in [0.3, 0.4) is 0 Å². The number of carbonyl (C=O) groups excluding carboxylic acids is 3. The summed E-state index contributed by atoms with van der Waals surface area (Å²) in [5.74, 6) is -0.324. The Hall–Kier alpha value is -1.79. The fourth-order valence-corrected chi connectivity index (χ4v) is 2.73. The zero-order valence-electron chi connectivity index (χ0n) is 11.4. The molecule has 5 amide bonds. The third-order valence-electron chi connectivity index (χ3n) is 3.81. The molecule has 1 atom stereocenters. The summed E-state index contributed by atoms with van der Waals surface area (Å²) in [6.07, 6.45) is 1.29. The molecule has 2 fully saturated rings. The van der Waals surface area contributed by atoms with E-state index >= 15 is 0 Å². The van der Waals surface area contributed by atoms with Gasteiger partial charge in [-0.3, -0.25) is 10.1 Å². The Morgan fingerprint density at radius 1 is 1.37 bits per heavy atom. The van der Waals surface area contributed by atoms with Crippen molar-refractivity contribution in [2.24, 2.45) is 0 Å². The minimum Gasteiger partial charge on any atom is -0.325 e. The van der Waals surface area contributed by atoms with E-state index in [0.29, 0.717) is 32.5 Å². The number of carbonyl (C=O) groups is 3. The van der Waals surface area contributed by atoms with Crippen molar-refractivity contribution in [1.82, 2.24) is 20.4 Å². The van der Waals surface area contributed by atoms with Crippen LogP contribution >= 0.6 is 0 Å². The number of likely N-dealkylation sites (tertiary alicyclic amines) is 1. The zero-order valence-corrected chi connectivity index (χ0v) is 11.4. The first-order valence-corrected chi connectivity index (χ1v) is 6.70. The van der Waals surface area contributed by atoms with Gasteiger partial charge in [0, 0.05) is 19.6 Å².